The molecule has 22 aliphatic rings. The molecule has 23 N–H and O–H groups in total. The van der Waals surface area contributed by atoms with Crippen LogP contribution in [0.3, 0.4) is 0 Å². The Balaban J connectivity index is 0.832. The summed E-state index contributed by atoms with van der Waals surface area (Å²) in [5.41, 5.74) is 4.57. The van der Waals surface area contributed by atoms with Crippen LogP contribution in [0.1, 0.15) is 17.2 Å². The van der Waals surface area contributed by atoms with Crippen molar-refractivity contribution in [3.8, 4) is 11.1 Å². The van der Waals surface area contributed by atoms with Crippen molar-refractivity contribution in [2.24, 2.45) is 0 Å². The van der Waals surface area contributed by atoms with Gasteiger partial charge in [0.25, 0.3) is 0 Å². The van der Waals surface area contributed by atoms with Crippen LogP contribution >= 0.6 is 0 Å². The largest absolute Gasteiger partial charge is 0.394 e. The van der Waals surface area contributed by atoms with Gasteiger partial charge in [0.15, 0.2) is 44.0 Å². The minimum absolute atomic E-state index is 0.0419. The normalized spacial score (nSPS) is 47.2. The van der Waals surface area contributed by atoms with Crippen molar-refractivity contribution in [1.82, 2.24) is 16.0 Å². The number of nitrogens with one attached hydrogen (secondary N) is 3. The van der Waals surface area contributed by atoms with Gasteiger partial charge >= 0.3 is 0 Å². The quantitative estimate of drug-likeness (QED) is 0.0736. The van der Waals surface area contributed by atoms with E-state index in [0.717, 1.165) is 22.3 Å². The Morgan fingerprint density at radius 3 is 0.729 bits per heavy atom. The van der Waals surface area contributed by atoms with E-state index in [1.165, 1.54) is 0 Å². The Hall–Kier alpha value is -3.04. The lowest BCUT2D eigenvalue weighted by Gasteiger charge is -2.50. The lowest BCUT2D eigenvalue weighted by atomic mass is 9.95. The highest BCUT2D eigenvalue weighted by atomic mass is 16.8. The van der Waals surface area contributed by atoms with Gasteiger partial charge in [-0.25, -0.2) is 0 Å². The van der Waals surface area contributed by atoms with E-state index >= 15 is 0 Å². The van der Waals surface area contributed by atoms with Gasteiger partial charge in [-0.3, -0.25) is 0 Å². The van der Waals surface area contributed by atoms with E-state index in [1.807, 2.05) is 24.3 Å². The first kappa shape index (κ1) is 74.2. The van der Waals surface area contributed by atoms with Crippen LogP contribution in [0.2, 0.25) is 0 Å². The number of rotatable bonds is 15. The third kappa shape index (κ3) is 14.9. The highest BCUT2D eigenvalue weighted by Crippen LogP contribution is 2.44. The molecular formula is C59H89N3O34. The molecule has 0 unspecified atom stereocenters. The molecule has 24 rings (SSSR count). The molecule has 21 aliphatic heterocycles. The predicted octanol–water partition coefficient (Wildman–Crippen LogP) is -12.7. The van der Waals surface area contributed by atoms with Crippen LogP contribution in [0, 0.1) is 0 Å². The van der Waals surface area contributed by atoms with Crippen molar-refractivity contribution in [3.05, 3.63) is 59.7 Å². The van der Waals surface area contributed by atoms with Crippen LogP contribution in [0.5, 0.6) is 0 Å². The maximum absolute atomic E-state index is 12.0. The summed E-state index contributed by atoms with van der Waals surface area (Å²) in [7, 11) is 0. The maximum atomic E-state index is 12.0. The number of aliphatic hydroxyl groups is 20. The van der Waals surface area contributed by atoms with Crippen LogP contribution < -0.4 is 16.0 Å². The molecule has 0 radical (unpaired) electrons. The topological polar surface area (TPSA) is 570 Å². The molecule has 14 bridgehead atoms. The van der Waals surface area contributed by atoms with Crippen molar-refractivity contribution in [3.63, 3.8) is 0 Å². The Kier molecular flexibility index (Phi) is 25.1. The molecular weight excluding hydrogens is 1290 g/mol. The van der Waals surface area contributed by atoms with E-state index in [9.17, 15) is 102 Å². The minimum atomic E-state index is -2.21. The van der Waals surface area contributed by atoms with Gasteiger partial charge in [0.2, 0.25) is 0 Å². The molecule has 96 heavy (non-hydrogen) atoms. The van der Waals surface area contributed by atoms with Crippen LogP contribution in [-0.4, -0.2) is 389 Å². The van der Waals surface area contributed by atoms with Gasteiger partial charge in [-0.2, -0.15) is 0 Å². The highest BCUT2D eigenvalue weighted by Gasteiger charge is 2.60. The Morgan fingerprint density at radius 1 is 0.250 bits per heavy atom. The number of hydrogen-bond acceptors (Lipinski definition) is 37. The fourth-order valence-corrected chi connectivity index (χ4v) is 13.7. The van der Waals surface area contributed by atoms with Gasteiger partial charge in [-0.1, -0.05) is 48.5 Å². The van der Waals surface area contributed by atoms with Gasteiger partial charge in [0.1, 0.15) is 171 Å². The molecule has 544 valence electrons. The number of fused-ring (bicyclic) bond motifs is 3. The van der Waals surface area contributed by atoms with E-state index < -0.39 is 255 Å². The number of benzene rings is 2. The van der Waals surface area contributed by atoms with E-state index in [4.69, 9.17) is 66.3 Å². The summed E-state index contributed by atoms with van der Waals surface area (Å²) in [6, 6.07) is 16.2. The first-order valence-electron chi connectivity index (χ1n) is 31.8. The molecule has 21 fully saturated rings. The third-order valence-electron chi connectivity index (χ3n) is 18.9. The molecule has 0 aromatic heterocycles. The van der Waals surface area contributed by atoms with Gasteiger partial charge in [0.05, 0.1) is 45.7 Å². The van der Waals surface area contributed by atoms with Gasteiger partial charge in [-0.15, -0.1) is 0 Å². The molecule has 1 aliphatic carbocycles. The average Bonchev–Trinajstić information content (AvgIpc) is 1.63. The molecule has 37 nitrogen and oxygen atoms in total. The van der Waals surface area contributed by atoms with E-state index in [0.29, 0.717) is 19.6 Å². The molecule has 0 spiro atoms. The molecule has 2 aromatic rings. The monoisotopic (exact) mass is 1380 g/mol. The zero-order chi connectivity index (χ0) is 68.5. The van der Waals surface area contributed by atoms with Crippen molar-refractivity contribution in [2.45, 2.75) is 221 Å². The van der Waals surface area contributed by atoms with Crippen LogP contribution in [0.4, 0.5) is 0 Å². The lowest BCUT2D eigenvalue weighted by molar-refractivity contribution is -0.396. The average molecular weight is 1380 g/mol. The van der Waals surface area contributed by atoms with Crippen LogP contribution in [0.25, 0.3) is 11.1 Å². The van der Waals surface area contributed by atoms with Crippen LogP contribution in [-0.2, 0) is 66.3 Å². The van der Waals surface area contributed by atoms with Gasteiger partial charge < -0.3 is 184 Å². The van der Waals surface area contributed by atoms with E-state index in [1.54, 1.807) is 0 Å². The zero-order valence-electron chi connectivity index (χ0n) is 51.3. The predicted molar refractivity (Wildman–Crippen MR) is 309 cm³/mol. The molecule has 35 atom stereocenters. The zero-order valence-corrected chi connectivity index (χ0v) is 51.3. The van der Waals surface area contributed by atoms with Crippen LogP contribution in [0.15, 0.2) is 48.5 Å². The summed E-state index contributed by atoms with van der Waals surface area (Å²) in [6.07, 6.45) is -69.6. The van der Waals surface area contributed by atoms with E-state index in [2.05, 4.69) is 40.2 Å². The maximum Gasteiger partial charge on any atom is 0.187 e. The van der Waals surface area contributed by atoms with Crippen molar-refractivity contribution in [1.29, 1.82) is 0 Å². The summed E-state index contributed by atoms with van der Waals surface area (Å²) < 4.78 is 82.0. The molecule has 37 heteroatoms. The fourth-order valence-electron chi connectivity index (χ4n) is 13.7. The van der Waals surface area contributed by atoms with Gasteiger partial charge in [0, 0.05) is 32.7 Å². The van der Waals surface area contributed by atoms with E-state index in [-0.39, 0.29) is 19.1 Å². The molecule has 0 amide bonds. The lowest BCUT2D eigenvalue weighted by Crippen LogP contribution is -2.68. The molecule has 0 saturated carbocycles. The Labute approximate surface area is 547 Å². The second-order valence-corrected chi connectivity index (χ2v) is 25.0. The summed E-state index contributed by atoms with van der Waals surface area (Å²) in [4.78, 5) is 0. The Morgan fingerprint density at radius 2 is 0.469 bits per heavy atom. The number of ether oxygens (including phenoxy) is 14. The molecule has 21 heterocycles. The summed E-state index contributed by atoms with van der Waals surface area (Å²) in [6.45, 7) is -4.86. The first-order chi connectivity index (χ1) is 46.2. The van der Waals surface area contributed by atoms with Crippen molar-refractivity contribution in [2.75, 3.05) is 72.4 Å². The third-order valence-corrected chi connectivity index (χ3v) is 18.9. The SMILES string of the molecule is OC[C@H]1O[C@@H]2O[C@H]3[C@H](O)[C@@H](O)[C@@H](O[C@H]4[C@H](O)[C@@H](O)[C@@H](O[C@H]5[C@H](O)[C@@H](O)[C@@H](O[C@H]6[C@H](O)[C@@H](O)[C@@H](O[C@H]7[C@H](O)[C@@H](O)[C@@H](O[C@H]8[C@H](O)[C@@H](O)[C@@H](O[C@H]1[C@H](O)[C@H]2O)O[C@@H]8CO)O[C@@H]7CO)O[C@@H]6CO)O[C@@H]5CNCCNCCNC1c2ccccc2-c2ccccc21)O[C@@H]4CO)O[C@@H]3CO. The highest BCUT2D eigenvalue weighted by molar-refractivity contribution is 5.78. The fraction of sp³-hybridized carbons (Fsp3) is 0.797. The second-order valence-electron chi connectivity index (χ2n) is 25.0. The van der Waals surface area contributed by atoms with Gasteiger partial charge in [-0.05, 0) is 22.3 Å². The summed E-state index contributed by atoms with van der Waals surface area (Å²) in [5, 5.41) is 235. The first-order valence-corrected chi connectivity index (χ1v) is 31.8. The van der Waals surface area contributed by atoms with Crippen molar-refractivity contribution < 1.29 is 168 Å². The smallest absolute Gasteiger partial charge is 0.187 e. The number of hydrogen-bond donors (Lipinski definition) is 23. The summed E-state index contributed by atoms with van der Waals surface area (Å²) in [5.74, 6) is 0. The standard InChI is InChI=1S/C59H89N3O34/c63-14-25-47-34(71)41(78)55(85-25)93-49-27(16-65)87-57(43(80)36(49)73)95-51-29(18-67)89-59(45(82)38(51)75)96-52-30(19-68)88-58(44(81)37(52)74)94-50-28(17-66)86-56(42(79)35(50)72)92-48-26(15-64)84-54(40(77)33(48)70)90-46-24(83-53(91-47)39(76)32(46)69)13-61-10-9-60-11-12-62-31-22-7-3-1-5-20(22)21-6-2-4-8-23(21)31/h1-8,24-82H,9-19H2/t24-,25-,26-,27-,28-,29-,30-,32-,33-,34-,35-,36-,37-,38-,39-,40-,41-,42-,43-,44-,45-,46-,47-,48-,49-,50-,51-,52-,53-,54-,55-,56-,57-,58-,59-/m1/s1. The summed E-state index contributed by atoms with van der Waals surface area (Å²) >= 11 is 0. The number of aliphatic hydroxyl groups excluding tert-OH is 20. The Bertz CT molecular complexity index is 2700. The molecule has 21 saturated heterocycles. The molecule has 2 aromatic carbocycles. The second kappa shape index (κ2) is 32.5. The minimum Gasteiger partial charge on any atom is -0.394 e. The van der Waals surface area contributed by atoms with Crippen molar-refractivity contribution >= 4 is 0 Å².